The largest absolute Gasteiger partial charge is 0.372 e. The predicted octanol–water partition coefficient (Wildman–Crippen LogP) is 3.61. The van der Waals surface area contributed by atoms with E-state index >= 15 is 0 Å². The highest BCUT2D eigenvalue weighted by Gasteiger charge is 2.35. The molecule has 0 bridgehead atoms. The molecule has 7 heteroatoms. The van der Waals surface area contributed by atoms with Crippen molar-refractivity contribution in [2.45, 2.75) is 58.4 Å². The van der Waals surface area contributed by atoms with Crippen molar-refractivity contribution < 1.29 is 17.9 Å². The zero-order valence-electron chi connectivity index (χ0n) is 18.1. The third kappa shape index (κ3) is 6.89. The maximum absolute atomic E-state index is 12.7. The van der Waals surface area contributed by atoms with Gasteiger partial charge in [0.2, 0.25) is 15.9 Å². The van der Waals surface area contributed by atoms with Crippen LogP contribution in [0, 0.1) is 0 Å². The molecule has 1 saturated heterocycles. The number of piperidine rings is 1. The van der Waals surface area contributed by atoms with Crippen LogP contribution in [0.4, 0.5) is 0 Å². The van der Waals surface area contributed by atoms with E-state index < -0.39 is 16.1 Å². The fourth-order valence-electron chi connectivity index (χ4n) is 3.80. The Morgan fingerprint density at radius 1 is 1.00 bits per heavy atom. The lowest BCUT2D eigenvalue weighted by Crippen LogP contribution is -2.52. The van der Waals surface area contributed by atoms with Crippen molar-refractivity contribution in [1.29, 1.82) is 0 Å². The summed E-state index contributed by atoms with van der Waals surface area (Å²) in [6, 6.07) is 17.4. The molecule has 1 N–H and O–H groups in total. The number of hydrogen-bond donors (Lipinski definition) is 1. The average molecular weight is 445 g/mol. The fourth-order valence-corrected chi connectivity index (χ4v) is 5.54. The highest BCUT2D eigenvalue weighted by atomic mass is 32.2. The van der Waals surface area contributed by atoms with Gasteiger partial charge in [-0.2, -0.15) is 4.31 Å². The Kier molecular flexibility index (Phi) is 8.63. The molecule has 1 aliphatic rings. The van der Waals surface area contributed by atoms with Crippen molar-refractivity contribution in [1.82, 2.24) is 9.62 Å². The van der Waals surface area contributed by atoms with E-state index in [9.17, 15) is 13.2 Å². The minimum Gasteiger partial charge on any atom is -0.372 e. The number of nitrogens with zero attached hydrogens (tertiary/aromatic N) is 1. The third-order valence-electron chi connectivity index (χ3n) is 5.45. The Labute approximate surface area is 185 Å². The summed E-state index contributed by atoms with van der Waals surface area (Å²) in [7, 11) is -3.39. The fraction of sp³-hybridized carbons (Fsp3) is 0.458. The Morgan fingerprint density at radius 3 is 2.32 bits per heavy atom. The first-order valence-electron chi connectivity index (χ1n) is 11.0. The molecular weight excluding hydrogens is 412 g/mol. The van der Waals surface area contributed by atoms with Crippen LogP contribution >= 0.6 is 0 Å². The minimum absolute atomic E-state index is 0.0879. The van der Waals surface area contributed by atoms with E-state index in [1.807, 2.05) is 61.5 Å². The number of carbonyl (C=O) groups excluding carboxylic acids is 1. The van der Waals surface area contributed by atoms with Gasteiger partial charge in [-0.25, -0.2) is 8.42 Å². The molecule has 1 amide bonds. The number of nitrogens with one attached hydrogen (secondary N) is 1. The average Bonchev–Trinajstić information content (AvgIpc) is 2.79. The van der Waals surface area contributed by atoms with Crippen molar-refractivity contribution >= 4 is 15.9 Å². The molecule has 2 aromatic carbocycles. The lowest BCUT2D eigenvalue weighted by molar-refractivity contribution is -0.125. The Morgan fingerprint density at radius 2 is 1.65 bits per heavy atom. The van der Waals surface area contributed by atoms with Gasteiger partial charge in [-0.15, -0.1) is 0 Å². The molecule has 1 heterocycles. The highest BCUT2D eigenvalue weighted by Crippen LogP contribution is 2.21. The molecule has 1 aliphatic heterocycles. The number of benzene rings is 2. The second-order valence-electron chi connectivity index (χ2n) is 7.95. The summed E-state index contributed by atoms with van der Waals surface area (Å²) in [4.78, 5) is 12.7. The summed E-state index contributed by atoms with van der Waals surface area (Å²) in [6.45, 7) is 3.73. The zero-order chi connectivity index (χ0) is 22.1. The molecule has 2 aromatic rings. The van der Waals surface area contributed by atoms with E-state index in [1.54, 1.807) is 0 Å². The molecule has 0 aromatic heterocycles. The van der Waals surface area contributed by atoms with Gasteiger partial charge in [-0.1, -0.05) is 67.9 Å². The first-order valence-corrected chi connectivity index (χ1v) is 12.6. The summed E-state index contributed by atoms with van der Waals surface area (Å²) >= 11 is 0. The van der Waals surface area contributed by atoms with Gasteiger partial charge in [0.25, 0.3) is 0 Å². The number of sulfonamides is 1. The summed E-state index contributed by atoms with van der Waals surface area (Å²) in [5.74, 6) is -0.125. The van der Waals surface area contributed by atoms with Gasteiger partial charge in [-0.3, -0.25) is 4.79 Å². The molecule has 0 aliphatic carbocycles. The Bertz CT molecular complexity index is 930. The number of rotatable bonds is 10. The van der Waals surface area contributed by atoms with Crippen LogP contribution in [-0.4, -0.2) is 37.0 Å². The van der Waals surface area contributed by atoms with Crippen LogP contribution in [0.1, 0.15) is 49.3 Å². The van der Waals surface area contributed by atoms with Gasteiger partial charge in [0.05, 0.1) is 19.0 Å². The van der Waals surface area contributed by atoms with Gasteiger partial charge in [0, 0.05) is 13.1 Å². The topological polar surface area (TPSA) is 75.7 Å². The highest BCUT2D eigenvalue weighted by molar-refractivity contribution is 7.89. The number of amides is 1. The predicted molar refractivity (Wildman–Crippen MR) is 122 cm³/mol. The molecule has 3 rings (SSSR count). The number of hydrogen-bond acceptors (Lipinski definition) is 4. The van der Waals surface area contributed by atoms with Crippen molar-refractivity contribution in [2.24, 2.45) is 0 Å². The van der Waals surface area contributed by atoms with E-state index in [2.05, 4.69) is 5.32 Å². The van der Waals surface area contributed by atoms with Gasteiger partial charge in [0.15, 0.2) is 0 Å². The first kappa shape index (κ1) is 23.4. The molecular formula is C24H32N2O4S. The van der Waals surface area contributed by atoms with E-state index in [-0.39, 0.29) is 11.7 Å². The molecule has 1 atom stereocenters. The van der Waals surface area contributed by atoms with Crippen molar-refractivity contribution in [3.8, 4) is 0 Å². The summed E-state index contributed by atoms with van der Waals surface area (Å²) in [6.07, 6.45) is 2.80. The summed E-state index contributed by atoms with van der Waals surface area (Å²) in [5.41, 5.74) is 3.17. The maximum atomic E-state index is 12.7. The van der Waals surface area contributed by atoms with Crippen LogP contribution in [0.15, 0.2) is 54.6 Å². The lowest BCUT2D eigenvalue weighted by Gasteiger charge is -2.33. The molecule has 6 nitrogen and oxygen atoms in total. The van der Waals surface area contributed by atoms with Gasteiger partial charge < -0.3 is 10.1 Å². The molecule has 168 valence electrons. The monoisotopic (exact) mass is 444 g/mol. The number of ether oxygens (including phenoxy) is 1. The van der Waals surface area contributed by atoms with Gasteiger partial charge >= 0.3 is 0 Å². The van der Waals surface area contributed by atoms with Crippen LogP contribution in [0.25, 0.3) is 0 Å². The van der Waals surface area contributed by atoms with Gasteiger partial charge in [-0.05, 0) is 36.0 Å². The van der Waals surface area contributed by atoms with E-state index in [1.165, 1.54) is 4.31 Å². The second-order valence-corrected chi connectivity index (χ2v) is 9.99. The summed E-state index contributed by atoms with van der Waals surface area (Å²) in [5, 5.41) is 2.92. The van der Waals surface area contributed by atoms with Crippen LogP contribution in [0.2, 0.25) is 0 Å². The molecule has 0 saturated carbocycles. The van der Waals surface area contributed by atoms with Crippen molar-refractivity contribution in [3.05, 3.63) is 71.3 Å². The van der Waals surface area contributed by atoms with E-state index in [4.69, 9.17) is 4.74 Å². The number of carbonyl (C=O) groups is 1. The lowest BCUT2D eigenvalue weighted by atomic mass is 10.0. The van der Waals surface area contributed by atoms with E-state index in [0.29, 0.717) is 39.1 Å². The molecule has 0 spiro atoms. The Hall–Kier alpha value is -2.22. The van der Waals surface area contributed by atoms with E-state index in [0.717, 1.165) is 29.5 Å². The quantitative estimate of drug-likeness (QED) is 0.607. The maximum Gasteiger partial charge on any atom is 0.238 e. The molecule has 1 fully saturated rings. The second kappa shape index (κ2) is 11.4. The molecule has 0 radical (unpaired) electrons. The van der Waals surface area contributed by atoms with Crippen molar-refractivity contribution in [2.75, 3.05) is 12.3 Å². The molecule has 31 heavy (non-hydrogen) atoms. The first-order chi connectivity index (χ1) is 15.0. The van der Waals surface area contributed by atoms with Crippen LogP contribution in [0.5, 0.6) is 0 Å². The Balaban J connectivity index is 1.49. The summed E-state index contributed by atoms with van der Waals surface area (Å²) < 4.78 is 32.2. The normalized spacial score (nSPS) is 17.4. The van der Waals surface area contributed by atoms with Crippen LogP contribution < -0.4 is 5.32 Å². The third-order valence-corrected chi connectivity index (χ3v) is 7.52. The van der Waals surface area contributed by atoms with Crippen LogP contribution in [-0.2, 0) is 39.3 Å². The van der Waals surface area contributed by atoms with Crippen LogP contribution in [0.3, 0.4) is 0 Å². The smallest absolute Gasteiger partial charge is 0.238 e. The minimum atomic E-state index is -3.39. The molecule has 1 unspecified atom stereocenters. The SMILES string of the molecule is CCCS(=O)(=O)N1CCCCC1C(=O)NCc1ccc(COCc2ccccc2)cc1. The standard InChI is InChI=1S/C24H32N2O4S/c1-2-16-31(28,29)26-15-7-6-10-23(26)24(27)25-17-20-11-13-22(14-12-20)19-30-18-21-8-4-3-5-9-21/h3-5,8-9,11-14,23H,2,6-7,10,15-19H2,1H3,(H,25,27). The van der Waals surface area contributed by atoms with Crippen molar-refractivity contribution in [3.63, 3.8) is 0 Å². The van der Waals surface area contributed by atoms with Gasteiger partial charge in [0.1, 0.15) is 6.04 Å². The zero-order valence-corrected chi connectivity index (χ0v) is 18.9.